The second kappa shape index (κ2) is 12.9. The second-order valence-electron chi connectivity index (χ2n) is 8.07. The van der Waals surface area contributed by atoms with E-state index in [1.54, 1.807) is 11.4 Å². The number of nitrogens with zero attached hydrogens (tertiary/aromatic N) is 3. The van der Waals surface area contributed by atoms with Crippen LogP contribution in [0.15, 0.2) is 29.3 Å². The van der Waals surface area contributed by atoms with Gasteiger partial charge in [0.2, 0.25) is 10.0 Å². The van der Waals surface area contributed by atoms with Gasteiger partial charge in [-0.1, -0.05) is 24.3 Å². The van der Waals surface area contributed by atoms with Gasteiger partial charge < -0.3 is 15.4 Å². The first-order valence-corrected chi connectivity index (χ1v) is 12.6. The first kappa shape index (κ1) is 26.3. The Kier molecular flexibility index (Phi) is 11.0. The third-order valence-electron chi connectivity index (χ3n) is 5.89. The third kappa shape index (κ3) is 8.49. The number of halogens is 1. The molecule has 0 spiro atoms. The second-order valence-corrected chi connectivity index (χ2v) is 10.1. The summed E-state index contributed by atoms with van der Waals surface area (Å²) in [4.78, 5) is 6.78. The number of benzene rings is 1. The van der Waals surface area contributed by atoms with Gasteiger partial charge >= 0.3 is 0 Å². The standard InChI is InChI=1S/C21H35N5O3S.HI/c1-22-21(23-15-18-7-9-26(10-8-18)30(2,27)28)24-16-19-5-3-4-6-20(19)17-25-11-13-29-14-12-25;/h3-6,18H,7-17H2,1-2H3,(H2,22,23,24);1H. The summed E-state index contributed by atoms with van der Waals surface area (Å²) in [5, 5.41) is 6.83. The molecule has 0 bridgehead atoms. The predicted molar refractivity (Wildman–Crippen MR) is 135 cm³/mol. The number of nitrogens with one attached hydrogen (secondary N) is 2. The van der Waals surface area contributed by atoms with Crippen molar-refractivity contribution in [2.45, 2.75) is 25.9 Å². The Morgan fingerprint density at radius 1 is 1.10 bits per heavy atom. The van der Waals surface area contributed by atoms with Crippen LogP contribution in [0.25, 0.3) is 0 Å². The van der Waals surface area contributed by atoms with Crippen molar-refractivity contribution in [2.75, 3.05) is 59.2 Å². The van der Waals surface area contributed by atoms with Crippen molar-refractivity contribution in [1.29, 1.82) is 0 Å². The quantitative estimate of drug-likeness (QED) is 0.296. The van der Waals surface area contributed by atoms with Gasteiger partial charge in [0.05, 0.1) is 19.5 Å². The van der Waals surface area contributed by atoms with E-state index in [0.29, 0.717) is 25.6 Å². The van der Waals surface area contributed by atoms with Gasteiger partial charge in [0.25, 0.3) is 0 Å². The minimum absolute atomic E-state index is 0. The highest BCUT2D eigenvalue weighted by Gasteiger charge is 2.24. The minimum atomic E-state index is -3.07. The molecule has 2 aliphatic rings. The van der Waals surface area contributed by atoms with Gasteiger partial charge in [-0.25, -0.2) is 12.7 Å². The lowest BCUT2D eigenvalue weighted by Crippen LogP contribution is -2.43. The van der Waals surface area contributed by atoms with Crippen molar-refractivity contribution in [3.63, 3.8) is 0 Å². The molecule has 3 rings (SSSR count). The Morgan fingerprint density at radius 2 is 1.74 bits per heavy atom. The number of ether oxygens (including phenoxy) is 1. The highest BCUT2D eigenvalue weighted by Crippen LogP contribution is 2.18. The Bertz CT molecular complexity index is 807. The molecule has 1 aromatic rings. The Hall–Kier alpha value is -0.950. The van der Waals surface area contributed by atoms with E-state index in [4.69, 9.17) is 4.74 Å². The topological polar surface area (TPSA) is 86.3 Å². The van der Waals surface area contributed by atoms with E-state index in [2.05, 4.69) is 44.8 Å². The molecule has 2 fully saturated rings. The average Bonchev–Trinajstić information content (AvgIpc) is 2.75. The van der Waals surface area contributed by atoms with Gasteiger partial charge in [0.1, 0.15) is 0 Å². The van der Waals surface area contributed by atoms with Crippen LogP contribution in [0, 0.1) is 5.92 Å². The molecule has 31 heavy (non-hydrogen) atoms. The van der Waals surface area contributed by atoms with Crippen molar-refractivity contribution in [3.05, 3.63) is 35.4 Å². The van der Waals surface area contributed by atoms with Gasteiger partial charge in [0, 0.05) is 52.9 Å². The molecule has 0 radical (unpaired) electrons. The van der Waals surface area contributed by atoms with Crippen LogP contribution in [-0.2, 0) is 27.8 Å². The molecule has 0 amide bonds. The molecule has 2 saturated heterocycles. The number of guanidine groups is 1. The maximum absolute atomic E-state index is 11.7. The summed E-state index contributed by atoms with van der Waals surface area (Å²) in [6.07, 6.45) is 3.03. The van der Waals surface area contributed by atoms with Gasteiger partial charge in [-0.2, -0.15) is 0 Å². The molecule has 2 heterocycles. The number of hydrogen-bond acceptors (Lipinski definition) is 5. The van der Waals surface area contributed by atoms with Gasteiger partial charge in [-0.15, -0.1) is 24.0 Å². The van der Waals surface area contributed by atoms with E-state index in [9.17, 15) is 8.42 Å². The molecule has 176 valence electrons. The first-order chi connectivity index (χ1) is 14.5. The maximum Gasteiger partial charge on any atom is 0.211 e. The zero-order valence-electron chi connectivity index (χ0n) is 18.5. The van der Waals surface area contributed by atoms with Crippen LogP contribution < -0.4 is 10.6 Å². The summed E-state index contributed by atoms with van der Waals surface area (Å²) in [5.41, 5.74) is 2.60. The largest absolute Gasteiger partial charge is 0.379 e. The summed E-state index contributed by atoms with van der Waals surface area (Å²) >= 11 is 0. The molecule has 2 aliphatic heterocycles. The summed E-state index contributed by atoms with van der Waals surface area (Å²) in [5.74, 6) is 1.23. The number of rotatable bonds is 7. The average molecular weight is 566 g/mol. The number of aliphatic imine (C=N–C) groups is 1. The number of morpholine rings is 1. The molecular weight excluding hydrogens is 529 g/mol. The number of piperidine rings is 1. The molecule has 10 heteroatoms. The van der Waals surface area contributed by atoms with Crippen LogP contribution in [0.5, 0.6) is 0 Å². The van der Waals surface area contributed by atoms with E-state index in [-0.39, 0.29) is 24.0 Å². The molecular formula is C21H36IN5O3S. The van der Waals surface area contributed by atoms with Crippen LogP contribution in [0.2, 0.25) is 0 Å². The van der Waals surface area contributed by atoms with Crippen molar-refractivity contribution in [1.82, 2.24) is 19.8 Å². The fraction of sp³-hybridized carbons (Fsp3) is 0.667. The molecule has 1 aromatic carbocycles. The van der Waals surface area contributed by atoms with Crippen molar-refractivity contribution in [3.8, 4) is 0 Å². The highest BCUT2D eigenvalue weighted by atomic mass is 127. The predicted octanol–water partition coefficient (Wildman–Crippen LogP) is 1.47. The van der Waals surface area contributed by atoms with Crippen LogP contribution in [0.3, 0.4) is 0 Å². The van der Waals surface area contributed by atoms with Crippen LogP contribution in [-0.4, -0.2) is 82.8 Å². The maximum atomic E-state index is 11.7. The van der Waals surface area contributed by atoms with Gasteiger partial charge in [-0.3, -0.25) is 9.89 Å². The molecule has 0 aromatic heterocycles. The molecule has 2 N–H and O–H groups in total. The summed E-state index contributed by atoms with van der Waals surface area (Å²) < 4.78 is 30.3. The van der Waals surface area contributed by atoms with Crippen molar-refractivity contribution in [2.24, 2.45) is 10.9 Å². The summed E-state index contributed by atoms with van der Waals surface area (Å²) in [6.45, 7) is 7.22. The number of hydrogen-bond donors (Lipinski definition) is 2. The summed E-state index contributed by atoms with van der Waals surface area (Å²) in [7, 11) is -1.29. The van der Waals surface area contributed by atoms with E-state index in [1.807, 2.05) is 0 Å². The van der Waals surface area contributed by atoms with Crippen LogP contribution in [0.4, 0.5) is 0 Å². The molecule has 0 atom stereocenters. The monoisotopic (exact) mass is 565 g/mol. The van der Waals surface area contributed by atoms with E-state index >= 15 is 0 Å². The normalized spacial score (nSPS) is 19.6. The Morgan fingerprint density at radius 3 is 2.35 bits per heavy atom. The number of sulfonamides is 1. The fourth-order valence-corrected chi connectivity index (χ4v) is 4.84. The van der Waals surface area contributed by atoms with E-state index in [0.717, 1.165) is 58.2 Å². The molecule has 0 aliphatic carbocycles. The lowest BCUT2D eigenvalue weighted by Gasteiger charge is -2.30. The highest BCUT2D eigenvalue weighted by molar-refractivity contribution is 14.0. The zero-order valence-corrected chi connectivity index (χ0v) is 21.7. The lowest BCUT2D eigenvalue weighted by atomic mass is 9.98. The summed E-state index contributed by atoms with van der Waals surface area (Å²) in [6, 6.07) is 8.52. The van der Waals surface area contributed by atoms with E-state index in [1.165, 1.54) is 17.4 Å². The smallest absolute Gasteiger partial charge is 0.211 e. The molecule has 0 unspecified atom stereocenters. The van der Waals surface area contributed by atoms with Gasteiger partial charge in [-0.05, 0) is 29.9 Å². The SMILES string of the molecule is CN=C(NCc1ccccc1CN1CCOCC1)NCC1CCN(S(C)(=O)=O)CC1.I. The van der Waals surface area contributed by atoms with Crippen LogP contribution >= 0.6 is 24.0 Å². The lowest BCUT2D eigenvalue weighted by molar-refractivity contribution is 0.0341. The molecule has 0 saturated carbocycles. The molecule has 8 nitrogen and oxygen atoms in total. The third-order valence-corrected chi connectivity index (χ3v) is 7.19. The first-order valence-electron chi connectivity index (χ1n) is 10.7. The van der Waals surface area contributed by atoms with Crippen molar-refractivity contribution < 1.29 is 13.2 Å². The van der Waals surface area contributed by atoms with Crippen LogP contribution in [0.1, 0.15) is 24.0 Å². The Balaban J connectivity index is 0.00000341. The van der Waals surface area contributed by atoms with Crippen molar-refractivity contribution >= 4 is 40.0 Å². The van der Waals surface area contributed by atoms with Gasteiger partial charge in [0.15, 0.2) is 5.96 Å². The van der Waals surface area contributed by atoms with E-state index < -0.39 is 10.0 Å². The zero-order chi connectivity index (χ0) is 21.4. The fourth-order valence-electron chi connectivity index (χ4n) is 3.97. The minimum Gasteiger partial charge on any atom is -0.379 e. The Labute approximate surface area is 203 Å².